The molecular weight excluding hydrogens is 386 g/mol. The van der Waals surface area contributed by atoms with E-state index >= 15 is 0 Å². The number of furan rings is 1. The van der Waals surface area contributed by atoms with E-state index in [4.69, 9.17) is 4.42 Å². The number of carbonyl (C=O) groups is 3. The lowest BCUT2D eigenvalue weighted by Crippen LogP contribution is -2.52. The van der Waals surface area contributed by atoms with Crippen molar-refractivity contribution >= 4 is 30.3 Å². The predicted molar refractivity (Wildman–Crippen MR) is 103 cm³/mol. The van der Waals surface area contributed by atoms with Crippen LogP contribution >= 0.6 is 12.4 Å². The van der Waals surface area contributed by atoms with Crippen molar-refractivity contribution in [2.75, 3.05) is 59.4 Å². The van der Waals surface area contributed by atoms with Gasteiger partial charge in [0.1, 0.15) is 18.3 Å². The Morgan fingerprint density at radius 1 is 1.14 bits per heavy atom. The Hall–Kier alpha value is -2.10. The van der Waals surface area contributed by atoms with Crippen molar-refractivity contribution in [1.29, 1.82) is 0 Å². The van der Waals surface area contributed by atoms with Crippen LogP contribution in [0, 0.1) is 0 Å². The number of imide groups is 1. The summed E-state index contributed by atoms with van der Waals surface area (Å²) in [5, 5.41) is 0. The Balaban J connectivity index is 0.00000225. The van der Waals surface area contributed by atoms with E-state index in [0.717, 1.165) is 23.7 Å². The number of nitrogens with zero attached hydrogens (tertiary/aromatic N) is 5. The summed E-state index contributed by atoms with van der Waals surface area (Å²) in [6, 6.07) is 2.88. The third-order valence-electron chi connectivity index (χ3n) is 5.60. The zero-order valence-electron chi connectivity index (χ0n) is 16.0. The van der Waals surface area contributed by atoms with Gasteiger partial charge >= 0.3 is 6.03 Å². The van der Waals surface area contributed by atoms with Gasteiger partial charge in [0.15, 0.2) is 0 Å². The second-order valence-corrected chi connectivity index (χ2v) is 7.41. The van der Waals surface area contributed by atoms with Gasteiger partial charge < -0.3 is 19.1 Å². The highest BCUT2D eigenvalue weighted by molar-refractivity contribution is 6.06. The van der Waals surface area contributed by atoms with Gasteiger partial charge in [0.05, 0.1) is 12.8 Å². The fourth-order valence-corrected chi connectivity index (χ4v) is 3.91. The summed E-state index contributed by atoms with van der Waals surface area (Å²) in [6.45, 7) is 4.96. The largest absolute Gasteiger partial charge is 0.468 e. The molecule has 28 heavy (non-hydrogen) atoms. The van der Waals surface area contributed by atoms with E-state index in [9.17, 15) is 14.4 Å². The number of hydrogen-bond donors (Lipinski definition) is 0. The summed E-state index contributed by atoms with van der Waals surface area (Å²) in [5.41, 5.74) is 0. The molecule has 3 saturated heterocycles. The molecule has 0 spiro atoms. The highest BCUT2D eigenvalue weighted by Crippen LogP contribution is 2.23. The van der Waals surface area contributed by atoms with Crippen molar-refractivity contribution in [3.8, 4) is 0 Å². The monoisotopic (exact) mass is 411 g/mol. The Morgan fingerprint density at radius 2 is 1.89 bits per heavy atom. The van der Waals surface area contributed by atoms with Crippen LogP contribution in [0.3, 0.4) is 0 Å². The second-order valence-electron chi connectivity index (χ2n) is 7.41. The van der Waals surface area contributed by atoms with Crippen molar-refractivity contribution in [3.05, 3.63) is 24.2 Å². The molecule has 1 atom stereocenters. The van der Waals surface area contributed by atoms with Gasteiger partial charge in [0.25, 0.3) is 5.91 Å². The first kappa shape index (κ1) is 20.6. The molecule has 0 radical (unpaired) electrons. The summed E-state index contributed by atoms with van der Waals surface area (Å²) < 4.78 is 5.37. The number of halogens is 1. The Morgan fingerprint density at radius 3 is 2.57 bits per heavy atom. The SMILES string of the molecule is CN1CCN(C(=O)CN2C(=O)C3CN(Cc4ccco4)CCN3C2=O)CC1.Cl. The van der Waals surface area contributed by atoms with Crippen LogP contribution in [0.4, 0.5) is 4.79 Å². The van der Waals surface area contributed by atoms with Crippen LogP contribution in [-0.2, 0) is 16.1 Å². The smallest absolute Gasteiger partial charge is 0.328 e. The summed E-state index contributed by atoms with van der Waals surface area (Å²) in [5.74, 6) is 0.408. The van der Waals surface area contributed by atoms with E-state index in [1.165, 1.54) is 0 Å². The van der Waals surface area contributed by atoms with Crippen LogP contribution in [0.1, 0.15) is 5.76 Å². The van der Waals surface area contributed by atoms with Gasteiger partial charge in [-0.3, -0.25) is 19.4 Å². The van der Waals surface area contributed by atoms with Crippen LogP contribution in [0.5, 0.6) is 0 Å². The van der Waals surface area contributed by atoms with Crippen molar-refractivity contribution < 1.29 is 18.8 Å². The molecule has 4 heterocycles. The molecule has 3 fully saturated rings. The molecule has 1 unspecified atom stereocenters. The number of hydrogen-bond acceptors (Lipinski definition) is 6. The van der Waals surface area contributed by atoms with Gasteiger partial charge in [-0.2, -0.15) is 0 Å². The maximum Gasteiger partial charge on any atom is 0.328 e. The van der Waals surface area contributed by atoms with Gasteiger partial charge in [-0.05, 0) is 19.2 Å². The lowest BCUT2D eigenvalue weighted by molar-refractivity contribution is -0.138. The Labute approximate surface area is 170 Å². The second kappa shape index (κ2) is 8.50. The maximum atomic E-state index is 12.8. The number of piperazine rings is 2. The minimum absolute atomic E-state index is 0. The van der Waals surface area contributed by atoms with Gasteiger partial charge in [-0.15, -0.1) is 12.4 Å². The Kier molecular flexibility index (Phi) is 6.26. The molecule has 0 saturated carbocycles. The minimum Gasteiger partial charge on any atom is -0.468 e. The molecule has 1 aromatic rings. The topological polar surface area (TPSA) is 80.6 Å². The number of carbonyl (C=O) groups excluding carboxylic acids is 3. The minimum atomic E-state index is -0.512. The molecule has 4 amide bonds. The van der Waals surface area contributed by atoms with Gasteiger partial charge in [0, 0.05) is 45.8 Å². The van der Waals surface area contributed by atoms with Crippen LogP contribution < -0.4 is 0 Å². The van der Waals surface area contributed by atoms with Gasteiger partial charge in [0.2, 0.25) is 5.91 Å². The third-order valence-corrected chi connectivity index (χ3v) is 5.60. The molecule has 1 aromatic heterocycles. The highest BCUT2D eigenvalue weighted by Gasteiger charge is 2.48. The summed E-state index contributed by atoms with van der Waals surface area (Å²) in [6.07, 6.45) is 1.63. The zero-order chi connectivity index (χ0) is 19.0. The lowest BCUT2D eigenvalue weighted by atomic mass is 10.2. The summed E-state index contributed by atoms with van der Waals surface area (Å²) in [4.78, 5) is 46.7. The normalized spacial score (nSPS) is 23.8. The van der Waals surface area contributed by atoms with E-state index < -0.39 is 6.04 Å². The van der Waals surface area contributed by atoms with Crippen molar-refractivity contribution in [2.45, 2.75) is 12.6 Å². The number of rotatable bonds is 4. The average molecular weight is 412 g/mol. The molecule has 10 heteroatoms. The standard InChI is InChI=1S/C18H25N5O4.ClH/c1-19-4-7-21(8-5-19)16(24)13-23-17(25)15-12-20(6-9-22(15)18(23)26)11-14-3-2-10-27-14;/h2-3,10,15H,4-9,11-13H2,1H3;1H. The number of urea groups is 1. The van der Waals surface area contributed by atoms with E-state index in [1.54, 1.807) is 16.1 Å². The molecule has 3 aliphatic rings. The number of amides is 4. The van der Waals surface area contributed by atoms with Crippen LogP contribution in [0.2, 0.25) is 0 Å². The fraction of sp³-hybridized carbons (Fsp3) is 0.611. The van der Waals surface area contributed by atoms with E-state index in [1.807, 2.05) is 19.2 Å². The highest BCUT2D eigenvalue weighted by atomic mass is 35.5. The summed E-state index contributed by atoms with van der Waals surface area (Å²) in [7, 11) is 2.02. The molecule has 0 aliphatic carbocycles. The van der Waals surface area contributed by atoms with Crippen LogP contribution in [0.15, 0.2) is 22.8 Å². The lowest BCUT2D eigenvalue weighted by Gasteiger charge is -2.34. The first-order valence-electron chi connectivity index (χ1n) is 9.36. The molecule has 0 aromatic carbocycles. The third kappa shape index (κ3) is 4.01. The molecule has 0 N–H and O–H groups in total. The maximum absolute atomic E-state index is 12.8. The Bertz CT molecular complexity index is 720. The molecule has 154 valence electrons. The van der Waals surface area contributed by atoms with Crippen LogP contribution in [0.25, 0.3) is 0 Å². The average Bonchev–Trinajstić information content (AvgIpc) is 3.25. The van der Waals surface area contributed by atoms with Crippen molar-refractivity contribution in [3.63, 3.8) is 0 Å². The predicted octanol–water partition coefficient (Wildman–Crippen LogP) is -0.0762. The van der Waals surface area contributed by atoms with Gasteiger partial charge in [-0.25, -0.2) is 4.79 Å². The zero-order valence-corrected chi connectivity index (χ0v) is 16.8. The molecule has 0 bridgehead atoms. The molecular formula is C18H26ClN5O4. The van der Waals surface area contributed by atoms with E-state index in [0.29, 0.717) is 39.3 Å². The number of fused-ring (bicyclic) bond motifs is 1. The molecule has 3 aliphatic heterocycles. The quantitative estimate of drug-likeness (QED) is 0.645. The first-order chi connectivity index (χ1) is 13.0. The van der Waals surface area contributed by atoms with Gasteiger partial charge in [-0.1, -0.05) is 0 Å². The first-order valence-corrected chi connectivity index (χ1v) is 9.36. The van der Waals surface area contributed by atoms with E-state index in [-0.39, 0.29) is 36.8 Å². The fourth-order valence-electron chi connectivity index (χ4n) is 3.91. The molecule has 4 rings (SSSR count). The van der Waals surface area contributed by atoms with E-state index in [2.05, 4.69) is 9.80 Å². The van der Waals surface area contributed by atoms with Crippen molar-refractivity contribution in [1.82, 2.24) is 24.5 Å². The number of likely N-dealkylation sites (N-methyl/N-ethyl adjacent to an activating group) is 1. The van der Waals surface area contributed by atoms with Crippen molar-refractivity contribution in [2.24, 2.45) is 0 Å². The van der Waals surface area contributed by atoms with Crippen LogP contribution in [-0.4, -0.2) is 108 Å². The summed E-state index contributed by atoms with van der Waals surface area (Å²) >= 11 is 0. The molecule has 9 nitrogen and oxygen atoms in total.